The SMILES string of the molecule is CCOc1cccc2sc(N(CCCN(C)C)C(=O)c3ccc(S(=O)(=O)N(C)C[C@H]4CCCO4)cc3)nc12. The largest absolute Gasteiger partial charge is 0.492 e. The Labute approximate surface area is 229 Å². The molecule has 0 saturated carbocycles. The third-order valence-corrected chi connectivity index (χ3v) is 9.31. The monoisotopic (exact) mass is 560 g/mol. The highest BCUT2D eigenvalue weighted by atomic mass is 32.2. The van der Waals surface area contributed by atoms with E-state index in [2.05, 4.69) is 4.90 Å². The van der Waals surface area contributed by atoms with Gasteiger partial charge in [-0.2, -0.15) is 4.31 Å². The summed E-state index contributed by atoms with van der Waals surface area (Å²) in [6.45, 7) is 4.72. The van der Waals surface area contributed by atoms with E-state index in [4.69, 9.17) is 14.5 Å². The Bertz CT molecular complexity index is 1340. The number of nitrogens with zero attached hydrogens (tertiary/aromatic N) is 4. The fraction of sp³-hybridized carbons (Fsp3) is 0.481. The number of hydrogen-bond acceptors (Lipinski definition) is 8. The van der Waals surface area contributed by atoms with Crippen LogP contribution in [-0.4, -0.2) is 88.6 Å². The smallest absolute Gasteiger partial charge is 0.260 e. The molecule has 4 rings (SSSR count). The quantitative estimate of drug-likeness (QED) is 0.329. The molecule has 9 nitrogen and oxygen atoms in total. The molecule has 0 aliphatic carbocycles. The van der Waals surface area contributed by atoms with Crippen LogP contribution in [0.25, 0.3) is 10.2 Å². The van der Waals surface area contributed by atoms with Crippen molar-refractivity contribution < 1.29 is 22.7 Å². The molecule has 1 aliphatic rings. The molecular weight excluding hydrogens is 524 g/mol. The summed E-state index contributed by atoms with van der Waals surface area (Å²) in [5.74, 6) is 0.465. The van der Waals surface area contributed by atoms with Crippen molar-refractivity contribution in [2.75, 3.05) is 58.9 Å². The number of carbonyl (C=O) groups excluding carboxylic acids is 1. The minimum absolute atomic E-state index is 0.0802. The number of hydrogen-bond donors (Lipinski definition) is 0. The second-order valence-corrected chi connectivity index (χ2v) is 12.6. The Hall–Kier alpha value is -2.57. The van der Waals surface area contributed by atoms with Gasteiger partial charge in [-0.25, -0.2) is 13.4 Å². The Morgan fingerprint density at radius 1 is 1.13 bits per heavy atom. The van der Waals surface area contributed by atoms with E-state index in [0.717, 1.165) is 36.0 Å². The van der Waals surface area contributed by atoms with Gasteiger partial charge in [0.2, 0.25) is 10.0 Å². The zero-order valence-electron chi connectivity index (χ0n) is 22.4. The average Bonchev–Trinajstić information content (AvgIpc) is 3.57. The van der Waals surface area contributed by atoms with Crippen LogP contribution in [0.3, 0.4) is 0 Å². The van der Waals surface area contributed by atoms with Gasteiger partial charge in [0, 0.05) is 32.3 Å². The van der Waals surface area contributed by atoms with Crippen molar-refractivity contribution in [3.05, 3.63) is 48.0 Å². The fourth-order valence-corrected chi connectivity index (χ4v) is 6.62. The van der Waals surface area contributed by atoms with Crippen molar-refractivity contribution in [3.8, 4) is 5.75 Å². The van der Waals surface area contributed by atoms with Gasteiger partial charge in [-0.1, -0.05) is 17.4 Å². The van der Waals surface area contributed by atoms with Gasteiger partial charge in [-0.05, 0) is 83.2 Å². The topological polar surface area (TPSA) is 92.3 Å². The lowest BCUT2D eigenvalue weighted by Gasteiger charge is -2.22. The number of fused-ring (bicyclic) bond motifs is 1. The van der Waals surface area contributed by atoms with Crippen LogP contribution in [0.1, 0.15) is 36.5 Å². The first kappa shape index (κ1) is 28.4. The summed E-state index contributed by atoms with van der Waals surface area (Å²) in [6, 6.07) is 11.9. The summed E-state index contributed by atoms with van der Waals surface area (Å²) >= 11 is 1.44. The van der Waals surface area contributed by atoms with Crippen LogP contribution in [-0.2, 0) is 14.8 Å². The number of ether oxygens (including phenoxy) is 2. The number of thiazole rings is 1. The molecule has 1 saturated heterocycles. The van der Waals surface area contributed by atoms with Crippen molar-refractivity contribution in [2.24, 2.45) is 0 Å². The van der Waals surface area contributed by atoms with Gasteiger partial charge in [-0.3, -0.25) is 9.69 Å². The molecule has 38 heavy (non-hydrogen) atoms. The summed E-state index contributed by atoms with van der Waals surface area (Å²) in [6.07, 6.45) is 2.48. The molecule has 0 bridgehead atoms. The van der Waals surface area contributed by atoms with E-state index in [9.17, 15) is 13.2 Å². The van der Waals surface area contributed by atoms with Crippen molar-refractivity contribution >= 4 is 42.6 Å². The van der Waals surface area contributed by atoms with Crippen LogP contribution in [0.15, 0.2) is 47.4 Å². The van der Waals surface area contributed by atoms with E-state index in [1.165, 1.54) is 27.8 Å². The molecule has 0 unspecified atom stereocenters. The molecule has 1 fully saturated rings. The predicted molar refractivity (Wildman–Crippen MR) is 151 cm³/mol. The number of para-hydroxylation sites is 1. The zero-order chi connectivity index (χ0) is 27.3. The second kappa shape index (κ2) is 12.5. The first-order valence-corrected chi connectivity index (χ1v) is 15.1. The predicted octanol–water partition coefficient (Wildman–Crippen LogP) is 4.09. The number of amides is 1. The van der Waals surface area contributed by atoms with E-state index >= 15 is 0 Å². The van der Waals surface area contributed by atoms with Crippen molar-refractivity contribution in [1.29, 1.82) is 0 Å². The summed E-state index contributed by atoms with van der Waals surface area (Å²) in [7, 11) is 1.85. The fourth-order valence-electron chi connectivity index (χ4n) is 4.41. The summed E-state index contributed by atoms with van der Waals surface area (Å²) in [5.41, 5.74) is 1.13. The van der Waals surface area contributed by atoms with Crippen LogP contribution in [0.4, 0.5) is 5.13 Å². The van der Waals surface area contributed by atoms with Gasteiger partial charge in [0.15, 0.2) is 5.13 Å². The number of likely N-dealkylation sites (N-methyl/N-ethyl adjacent to an activating group) is 1. The molecule has 206 valence electrons. The maximum atomic E-state index is 13.7. The Morgan fingerprint density at radius 2 is 1.89 bits per heavy atom. The minimum Gasteiger partial charge on any atom is -0.492 e. The standard InChI is InChI=1S/C27H36N4O5S2/c1-5-35-23-10-6-11-24-25(23)28-27(37-24)31(17-8-16-29(2)3)26(32)20-12-14-22(15-13-20)38(33,34)30(4)19-21-9-7-18-36-21/h6,10-15,21H,5,7-9,16-19H2,1-4H3/t21-/m1/s1. The molecular formula is C27H36N4O5S2. The van der Waals surface area contributed by atoms with Gasteiger partial charge in [0.05, 0.1) is 22.3 Å². The van der Waals surface area contributed by atoms with E-state index in [0.29, 0.717) is 42.7 Å². The van der Waals surface area contributed by atoms with Gasteiger partial charge in [-0.15, -0.1) is 0 Å². The maximum absolute atomic E-state index is 13.7. The molecule has 2 heterocycles. The van der Waals surface area contributed by atoms with Crippen molar-refractivity contribution in [3.63, 3.8) is 0 Å². The van der Waals surface area contributed by atoms with Crippen LogP contribution < -0.4 is 9.64 Å². The highest BCUT2D eigenvalue weighted by Crippen LogP contribution is 2.35. The molecule has 0 radical (unpaired) electrons. The molecule has 11 heteroatoms. The Balaban J connectivity index is 1.58. The van der Waals surface area contributed by atoms with E-state index < -0.39 is 10.0 Å². The molecule has 1 amide bonds. The molecule has 1 aromatic heterocycles. The molecule has 1 aliphatic heterocycles. The average molecular weight is 561 g/mol. The van der Waals surface area contributed by atoms with Crippen LogP contribution in [0.2, 0.25) is 0 Å². The number of anilines is 1. The second-order valence-electron chi connectivity index (χ2n) is 9.59. The first-order chi connectivity index (χ1) is 18.2. The van der Waals surface area contributed by atoms with E-state index in [1.807, 2.05) is 39.2 Å². The number of sulfonamides is 1. The molecule has 1 atom stereocenters. The summed E-state index contributed by atoms with van der Waals surface area (Å²) in [4.78, 5) is 22.4. The Kier molecular flexibility index (Phi) is 9.37. The highest BCUT2D eigenvalue weighted by molar-refractivity contribution is 7.89. The maximum Gasteiger partial charge on any atom is 0.260 e. The number of aromatic nitrogens is 1. The van der Waals surface area contributed by atoms with Crippen LogP contribution >= 0.6 is 11.3 Å². The highest BCUT2D eigenvalue weighted by Gasteiger charge is 2.27. The number of carbonyl (C=O) groups is 1. The van der Waals surface area contributed by atoms with E-state index in [1.54, 1.807) is 24.1 Å². The van der Waals surface area contributed by atoms with Crippen LogP contribution in [0, 0.1) is 0 Å². The number of rotatable bonds is 12. The van der Waals surface area contributed by atoms with Crippen molar-refractivity contribution in [2.45, 2.75) is 37.2 Å². The van der Waals surface area contributed by atoms with Gasteiger partial charge in [0.25, 0.3) is 5.91 Å². The van der Waals surface area contributed by atoms with Gasteiger partial charge < -0.3 is 14.4 Å². The number of benzene rings is 2. The first-order valence-electron chi connectivity index (χ1n) is 12.9. The lowest BCUT2D eigenvalue weighted by atomic mass is 10.2. The van der Waals surface area contributed by atoms with E-state index in [-0.39, 0.29) is 16.9 Å². The third kappa shape index (κ3) is 6.52. The minimum atomic E-state index is -3.69. The summed E-state index contributed by atoms with van der Waals surface area (Å²) in [5, 5.41) is 0.587. The van der Waals surface area contributed by atoms with Gasteiger partial charge >= 0.3 is 0 Å². The molecule has 0 spiro atoms. The van der Waals surface area contributed by atoms with Gasteiger partial charge in [0.1, 0.15) is 11.3 Å². The normalized spacial score (nSPS) is 16.0. The zero-order valence-corrected chi connectivity index (χ0v) is 24.1. The lowest BCUT2D eigenvalue weighted by Crippen LogP contribution is -2.34. The summed E-state index contributed by atoms with van der Waals surface area (Å²) < 4.78 is 39.8. The van der Waals surface area contributed by atoms with Crippen LogP contribution in [0.5, 0.6) is 5.75 Å². The molecule has 2 aromatic carbocycles. The molecule has 3 aromatic rings. The Morgan fingerprint density at radius 3 is 2.55 bits per heavy atom. The third-order valence-electron chi connectivity index (χ3n) is 6.43. The lowest BCUT2D eigenvalue weighted by molar-refractivity contribution is 0.0978. The van der Waals surface area contributed by atoms with Crippen molar-refractivity contribution in [1.82, 2.24) is 14.2 Å². The molecule has 0 N–H and O–H groups in total.